The second kappa shape index (κ2) is 10.9. The van der Waals surface area contributed by atoms with Gasteiger partial charge in [0.25, 0.3) is 0 Å². The molecule has 0 unspecified atom stereocenters. The molecular weight excluding hydrogens is 356 g/mol. The van der Waals surface area contributed by atoms with Crippen molar-refractivity contribution < 1.29 is 9.47 Å². The lowest BCUT2D eigenvalue weighted by molar-refractivity contribution is 0.445. The number of allylic oxidation sites excluding steroid dienone is 6. The monoisotopic (exact) mass is 386 g/mol. The number of rotatable bonds is 6. The minimum atomic E-state index is 0.617. The summed E-state index contributed by atoms with van der Waals surface area (Å²) in [6, 6.07) is 14.1. The highest BCUT2D eigenvalue weighted by Gasteiger charge is 2.00. The summed E-state index contributed by atoms with van der Waals surface area (Å²) >= 11 is 0. The SMILES string of the molecule is C=C(C)/C=C\C(=C)Oc1ccc(C)c(C)c1.Cc1ccc(OC2=CCC=C2)cc1. The van der Waals surface area contributed by atoms with Crippen molar-refractivity contribution in [2.45, 2.75) is 34.1 Å². The third kappa shape index (κ3) is 8.10. The van der Waals surface area contributed by atoms with Crippen LogP contribution >= 0.6 is 0 Å². The average molecular weight is 387 g/mol. The first kappa shape index (κ1) is 22.0. The fraction of sp³-hybridized carbons (Fsp3) is 0.185. The molecule has 3 rings (SSSR count). The summed E-state index contributed by atoms with van der Waals surface area (Å²) < 4.78 is 11.2. The molecule has 0 N–H and O–H groups in total. The normalized spacial score (nSPS) is 12.2. The summed E-state index contributed by atoms with van der Waals surface area (Å²) in [4.78, 5) is 0. The maximum atomic E-state index is 5.60. The quantitative estimate of drug-likeness (QED) is 0.377. The Morgan fingerprint density at radius 2 is 1.59 bits per heavy atom. The Hall–Kier alpha value is -3.26. The van der Waals surface area contributed by atoms with E-state index in [2.05, 4.69) is 58.2 Å². The van der Waals surface area contributed by atoms with Crippen LogP contribution < -0.4 is 9.47 Å². The number of ether oxygens (including phenoxy) is 2. The highest BCUT2D eigenvalue weighted by molar-refractivity contribution is 5.36. The highest BCUT2D eigenvalue weighted by atomic mass is 16.5. The van der Waals surface area contributed by atoms with Gasteiger partial charge in [-0.15, -0.1) is 0 Å². The second-order valence-corrected chi connectivity index (χ2v) is 7.15. The minimum absolute atomic E-state index is 0.617. The molecule has 0 saturated carbocycles. The van der Waals surface area contributed by atoms with E-state index in [0.717, 1.165) is 29.3 Å². The zero-order valence-corrected chi connectivity index (χ0v) is 17.9. The van der Waals surface area contributed by atoms with E-state index in [1.165, 1.54) is 16.7 Å². The standard InChI is InChI=1S/C15H18O.C12H12O/c1-11(2)6-8-14(5)16-15-9-7-12(3)13(4)10-15;1-10-6-8-12(9-7-10)13-11-4-2-3-5-11/h6-10H,1,5H2,2-4H3;2,4-9H,3H2,1H3/b8-6-;. The molecule has 0 atom stereocenters. The number of hydrogen-bond acceptors (Lipinski definition) is 2. The lowest BCUT2D eigenvalue weighted by Crippen LogP contribution is -1.91. The molecule has 2 aromatic rings. The van der Waals surface area contributed by atoms with Crippen LogP contribution in [0.3, 0.4) is 0 Å². The van der Waals surface area contributed by atoms with Gasteiger partial charge in [-0.2, -0.15) is 0 Å². The van der Waals surface area contributed by atoms with Crippen molar-refractivity contribution in [3.8, 4) is 11.5 Å². The molecule has 0 radical (unpaired) electrons. The van der Waals surface area contributed by atoms with Gasteiger partial charge >= 0.3 is 0 Å². The Morgan fingerprint density at radius 3 is 2.17 bits per heavy atom. The van der Waals surface area contributed by atoms with E-state index >= 15 is 0 Å². The van der Waals surface area contributed by atoms with Gasteiger partial charge in [-0.05, 0) is 87.7 Å². The zero-order chi connectivity index (χ0) is 21.2. The molecule has 0 fully saturated rings. The van der Waals surface area contributed by atoms with Gasteiger partial charge in [0.2, 0.25) is 0 Å². The summed E-state index contributed by atoms with van der Waals surface area (Å²) in [5.74, 6) is 3.29. The molecule has 150 valence electrons. The van der Waals surface area contributed by atoms with Gasteiger partial charge < -0.3 is 9.47 Å². The molecule has 0 saturated heterocycles. The van der Waals surface area contributed by atoms with Crippen molar-refractivity contribution in [2.75, 3.05) is 0 Å². The van der Waals surface area contributed by atoms with Crippen LogP contribution in [-0.2, 0) is 0 Å². The van der Waals surface area contributed by atoms with Gasteiger partial charge in [0.1, 0.15) is 23.0 Å². The molecule has 2 heteroatoms. The summed E-state index contributed by atoms with van der Waals surface area (Å²) in [5, 5.41) is 0. The van der Waals surface area contributed by atoms with Gasteiger partial charge in [0.15, 0.2) is 0 Å². The second-order valence-electron chi connectivity index (χ2n) is 7.15. The molecule has 2 nitrogen and oxygen atoms in total. The minimum Gasteiger partial charge on any atom is -0.458 e. The van der Waals surface area contributed by atoms with Gasteiger partial charge in [-0.25, -0.2) is 0 Å². The predicted octanol–water partition coefficient (Wildman–Crippen LogP) is 7.55. The van der Waals surface area contributed by atoms with E-state index < -0.39 is 0 Å². The van der Waals surface area contributed by atoms with Crippen LogP contribution in [0.5, 0.6) is 11.5 Å². The van der Waals surface area contributed by atoms with E-state index in [-0.39, 0.29) is 0 Å². The Morgan fingerprint density at radius 1 is 0.897 bits per heavy atom. The van der Waals surface area contributed by atoms with Crippen LogP contribution in [0.1, 0.15) is 30.0 Å². The molecule has 1 aliphatic carbocycles. The van der Waals surface area contributed by atoms with Crippen LogP contribution in [0.25, 0.3) is 0 Å². The Balaban J connectivity index is 0.000000211. The predicted molar refractivity (Wildman–Crippen MR) is 123 cm³/mol. The van der Waals surface area contributed by atoms with Gasteiger partial charge in [-0.3, -0.25) is 0 Å². The van der Waals surface area contributed by atoms with E-state index in [0.29, 0.717) is 5.76 Å². The molecule has 29 heavy (non-hydrogen) atoms. The summed E-state index contributed by atoms with van der Waals surface area (Å²) in [5.41, 5.74) is 4.71. The van der Waals surface area contributed by atoms with Gasteiger partial charge in [0, 0.05) is 0 Å². The first-order chi connectivity index (χ1) is 13.8. The molecule has 0 heterocycles. The summed E-state index contributed by atoms with van der Waals surface area (Å²) in [7, 11) is 0. The fourth-order valence-corrected chi connectivity index (χ4v) is 2.45. The molecule has 0 aromatic heterocycles. The molecule has 1 aliphatic rings. The first-order valence-corrected chi connectivity index (χ1v) is 9.72. The Kier molecular flexibility index (Phi) is 8.29. The Labute approximate surface area is 175 Å². The van der Waals surface area contributed by atoms with Crippen LogP contribution in [0.2, 0.25) is 0 Å². The van der Waals surface area contributed by atoms with Crippen molar-refractivity contribution in [3.05, 3.63) is 120 Å². The summed E-state index contributed by atoms with van der Waals surface area (Å²) in [6.07, 6.45) is 10.8. The van der Waals surface area contributed by atoms with Crippen molar-refractivity contribution in [1.82, 2.24) is 0 Å². The van der Waals surface area contributed by atoms with Crippen LogP contribution in [0.15, 0.2) is 103 Å². The van der Waals surface area contributed by atoms with Crippen molar-refractivity contribution in [2.24, 2.45) is 0 Å². The van der Waals surface area contributed by atoms with Gasteiger partial charge in [-0.1, -0.05) is 54.6 Å². The van der Waals surface area contributed by atoms with E-state index in [4.69, 9.17) is 9.47 Å². The number of hydrogen-bond donors (Lipinski definition) is 0. The lowest BCUT2D eigenvalue weighted by Gasteiger charge is -2.07. The number of aryl methyl sites for hydroxylation is 3. The Bertz CT molecular complexity index is 941. The van der Waals surface area contributed by atoms with Crippen molar-refractivity contribution >= 4 is 0 Å². The van der Waals surface area contributed by atoms with Crippen molar-refractivity contribution in [1.29, 1.82) is 0 Å². The van der Waals surface area contributed by atoms with Gasteiger partial charge in [0.05, 0.1) is 0 Å². The average Bonchev–Trinajstić information content (AvgIpc) is 3.19. The van der Waals surface area contributed by atoms with Crippen LogP contribution in [0, 0.1) is 20.8 Å². The zero-order valence-electron chi connectivity index (χ0n) is 17.9. The largest absolute Gasteiger partial charge is 0.458 e. The third-order valence-electron chi connectivity index (χ3n) is 4.27. The lowest BCUT2D eigenvalue weighted by atomic mass is 10.1. The van der Waals surface area contributed by atoms with E-state index in [1.807, 2.05) is 55.5 Å². The van der Waals surface area contributed by atoms with E-state index in [1.54, 1.807) is 0 Å². The maximum absolute atomic E-state index is 5.60. The van der Waals surface area contributed by atoms with Crippen molar-refractivity contribution in [3.63, 3.8) is 0 Å². The molecule has 2 aromatic carbocycles. The van der Waals surface area contributed by atoms with Crippen LogP contribution in [0.4, 0.5) is 0 Å². The molecule has 0 amide bonds. The van der Waals surface area contributed by atoms with E-state index in [9.17, 15) is 0 Å². The molecule has 0 spiro atoms. The molecular formula is C27H30O2. The molecule has 0 aliphatic heterocycles. The highest BCUT2D eigenvalue weighted by Crippen LogP contribution is 2.19. The third-order valence-corrected chi connectivity index (χ3v) is 4.27. The molecule has 0 bridgehead atoms. The topological polar surface area (TPSA) is 18.5 Å². The fourth-order valence-electron chi connectivity index (χ4n) is 2.45. The maximum Gasteiger partial charge on any atom is 0.127 e. The summed E-state index contributed by atoms with van der Waals surface area (Å²) in [6.45, 7) is 15.7. The smallest absolute Gasteiger partial charge is 0.127 e. The number of benzene rings is 2. The van der Waals surface area contributed by atoms with Crippen LogP contribution in [-0.4, -0.2) is 0 Å². The first-order valence-electron chi connectivity index (χ1n) is 9.72.